The third kappa shape index (κ3) is 2.38. The van der Waals surface area contributed by atoms with E-state index in [9.17, 15) is 0 Å². The quantitative estimate of drug-likeness (QED) is 0.534. The van der Waals surface area contributed by atoms with Gasteiger partial charge in [-0.2, -0.15) is 0 Å². The van der Waals surface area contributed by atoms with E-state index < -0.39 is 0 Å². The van der Waals surface area contributed by atoms with Crippen molar-refractivity contribution in [2.24, 2.45) is 5.92 Å². The fourth-order valence-electron chi connectivity index (χ4n) is 1.17. The van der Waals surface area contributed by atoms with E-state index >= 15 is 0 Å². The third-order valence-electron chi connectivity index (χ3n) is 2.04. The molecule has 60 valence electrons. The standard InChI is InChI=1S/C11H16/c1-9(2)11-6-4-5-10(3)7-8-11/h4-5,7-9H,6H2,1-3H3. The maximum absolute atomic E-state index is 2.25. The lowest BCUT2D eigenvalue weighted by atomic mass is 10.0. The molecule has 1 rings (SSSR count). The van der Waals surface area contributed by atoms with E-state index in [-0.39, 0.29) is 0 Å². The van der Waals surface area contributed by atoms with Crippen molar-refractivity contribution in [1.29, 1.82) is 0 Å². The molecule has 1 aliphatic rings. The first-order valence-electron chi connectivity index (χ1n) is 4.24. The molecule has 0 saturated carbocycles. The zero-order valence-corrected chi connectivity index (χ0v) is 7.59. The van der Waals surface area contributed by atoms with Crippen LogP contribution >= 0.6 is 0 Å². The molecule has 0 aliphatic heterocycles. The van der Waals surface area contributed by atoms with E-state index in [1.165, 1.54) is 11.1 Å². The summed E-state index contributed by atoms with van der Waals surface area (Å²) in [5.74, 6) is 0.682. The van der Waals surface area contributed by atoms with Gasteiger partial charge in [-0.1, -0.05) is 49.3 Å². The van der Waals surface area contributed by atoms with E-state index in [1.807, 2.05) is 0 Å². The van der Waals surface area contributed by atoms with E-state index in [0.717, 1.165) is 6.42 Å². The van der Waals surface area contributed by atoms with Gasteiger partial charge in [0.15, 0.2) is 0 Å². The van der Waals surface area contributed by atoms with Crippen molar-refractivity contribution in [3.8, 4) is 0 Å². The van der Waals surface area contributed by atoms with E-state index in [0.29, 0.717) is 5.92 Å². The largest absolute Gasteiger partial charge is 0.0802 e. The van der Waals surface area contributed by atoms with Gasteiger partial charge in [-0.25, -0.2) is 0 Å². The van der Waals surface area contributed by atoms with Crippen molar-refractivity contribution in [3.05, 3.63) is 35.5 Å². The Bertz CT molecular complexity index is 214. The van der Waals surface area contributed by atoms with Gasteiger partial charge in [0.05, 0.1) is 0 Å². The lowest BCUT2D eigenvalue weighted by Gasteiger charge is -2.05. The molecular formula is C11H16. The van der Waals surface area contributed by atoms with Gasteiger partial charge in [-0.15, -0.1) is 0 Å². The molecule has 0 nitrogen and oxygen atoms in total. The van der Waals surface area contributed by atoms with Crippen molar-refractivity contribution >= 4 is 0 Å². The Morgan fingerprint density at radius 3 is 2.64 bits per heavy atom. The average molecular weight is 148 g/mol. The first-order valence-corrected chi connectivity index (χ1v) is 4.24. The zero-order chi connectivity index (χ0) is 8.27. The van der Waals surface area contributed by atoms with Crippen LogP contribution in [0.25, 0.3) is 0 Å². The lowest BCUT2D eigenvalue weighted by Crippen LogP contribution is -1.90. The molecule has 0 spiro atoms. The Morgan fingerprint density at radius 2 is 2.00 bits per heavy atom. The minimum atomic E-state index is 0.682. The molecular weight excluding hydrogens is 132 g/mol. The molecule has 0 atom stereocenters. The fourth-order valence-corrected chi connectivity index (χ4v) is 1.17. The van der Waals surface area contributed by atoms with Gasteiger partial charge < -0.3 is 0 Å². The summed E-state index contributed by atoms with van der Waals surface area (Å²) in [6, 6.07) is 0. The molecule has 0 bridgehead atoms. The fraction of sp³-hybridized carbons (Fsp3) is 0.455. The third-order valence-corrected chi connectivity index (χ3v) is 2.04. The van der Waals surface area contributed by atoms with E-state index in [4.69, 9.17) is 0 Å². The molecule has 0 radical (unpaired) electrons. The number of hydrogen-bond acceptors (Lipinski definition) is 0. The van der Waals surface area contributed by atoms with Gasteiger partial charge in [0.1, 0.15) is 0 Å². The number of allylic oxidation sites excluding steroid dienone is 6. The molecule has 0 aromatic rings. The van der Waals surface area contributed by atoms with Crippen molar-refractivity contribution in [2.75, 3.05) is 0 Å². The molecule has 0 aromatic carbocycles. The molecule has 0 N–H and O–H groups in total. The lowest BCUT2D eigenvalue weighted by molar-refractivity contribution is 0.748. The SMILES string of the molecule is CC1=CC=C(C(C)C)CC=C1. The van der Waals surface area contributed by atoms with Crippen molar-refractivity contribution in [3.63, 3.8) is 0 Å². The molecule has 0 unspecified atom stereocenters. The Balaban J connectivity index is 2.78. The second-order valence-electron chi connectivity index (χ2n) is 3.41. The summed E-state index contributed by atoms with van der Waals surface area (Å²) in [5.41, 5.74) is 2.87. The molecule has 0 aromatic heterocycles. The Kier molecular flexibility index (Phi) is 2.70. The number of rotatable bonds is 1. The normalized spacial score (nSPS) is 17.8. The summed E-state index contributed by atoms with van der Waals surface area (Å²) in [6.07, 6.45) is 9.99. The van der Waals surface area contributed by atoms with Crippen LogP contribution in [0.3, 0.4) is 0 Å². The number of hydrogen-bond donors (Lipinski definition) is 0. The van der Waals surface area contributed by atoms with Crippen molar-refractivity contribution < 1.29 is 0 Å². The highest BCUT2D eigenvalue weighted by Gasteiger charge is 2.01. The second-order valence-corrected chi connectivity index (χ2v) is 3.41. The van der Waals surface area contributed by atoms with Crippen LogP contribution in [0.5, 0.6) is 0 Å². The first-order chi connectivity index (χ1) is 5.20. The molecule has 0 saturated heterocycles. The second kappa shape index (κ2) is 3.56. The van der Waals surface area contributed by atoms with Crippen LogP contribution in [0, 0.1) is 5.92 Å². The van der Waals surface area contributed by atoms with Gasteiger partial charge in [0.25, 0.3) is 0 Å². The minimum Gasteiger partial charge on any atom is -0.0802 e. The van der Waals surface area contributed by atoms with Crippen molar-refractivity contribution in [2.45, 2.75) is 27.2 Å². The molecule has 1 aliphatic carbocycles. The van der Waals surface area contributed by atoms with Crippen LogP contribution in [0.15, 0.2) is 35.5 Å². The summed E-state index contributed by atoms with van der Waals surface area (Å²) < 4.78 is 0. The molecule has 0 heterocycles. The zero-order valence-electron chi connectivity index (χ0n) is 7.59. The van der Waals surface area contributed by atoms with Gasteiger partial charge in [-0.05, 0) is 19.3 Å². The Hall–Kier alpha value is -0.780. The predicted molar refractivity (Wildman–Crippen MR) is 50.4 cm³/mol. The highest BCUT2D eigenvalue weighted by Crippen LogP contribution is 2.18. The molecule has 0 amide bonds. The van der Waals surface area contributed by atoms with E-state index in [2.05, 4.69) is 45.1 Å². The summed E-state index contributed by atoms with van der Waals surface area (Å²) in [4.78, 5) is 0. The van der Waals surface area contributed by atoms with Crippen LogP contribution in [0.1, 0.15) is 27.2 Å². The van der Waals surface area contributed by atoms with Crippen LogP contribution in [-0.2, 0) is 0 Å². The first kappa shape index (κ1) is 8.32. The monoisotopic (exact) mass is 148 g/mol. The van der Waals surface area contributed by atoms with Gasteiger partial charge in [0.2, 0.25) is 0 Å². The summed E-state index contributed by atoms with van der Waals surface area (Å²) in [6.45, 7) is 6.62. The Labute approximate surface area is 69.3 Å². The highest BCUT2D eigenvalue weighted by molar-refractivity contribution is 5.29. The summed E-state index contributed by atoms with van der Waals surface area (Å²) >= 11 is 0. The van der Waals surface area contributed by atoms with Gasteiger partial charge in [-0.3, -0.25) is 0 Å². The summed E-state index contributed by atoms with van der Waals surface area (Å²) in [5, 5.41) is 0. The highest BCUT2D eigenvalue weighted by atomic mass is 14.1. The molecule has 0 fully saturated rings. The summed E-state index contributed by atoms with van der Waals surface area (Å²) in [7, 11) is 0. The minimum absolute atomic E-state index is 0.682. The van der Waals surface area contributed by atoms with Crippen LogP contribution in [0.4, 0.5) is 0 Å². The van der Waals surface area contributed by atoms with Gasteiger partial charge in [0, 0.05) is 0 Å². The maximum atomic E-state index is 2.25. The Morgan fingerprint density at radius 1 is 1.27 bits per heavy atom. The predicted octanol–water partition coefficient (Wildman–Crippen LogP) is 3.48. The van der Waals surface area contributed by atoms with E-state index in [1.54, 1.807) is 0 Å². The smallest absolute Gasteiger partial charge is 0.0130 e. The van der Waals surface area contributed by atoms with Gasteiger partial charge >= 0.3 is 0 Å². The van der Waals surface area contributed by atoms with Crippen LogP contribution in [0.2, 0.25) is 0 Å². The molecule has 0 heteroatoms. The average Bonchev–Trinajstić information content (AvgIpc) is 2.13. The maximum Gasteiger partial charge on any atom is -0.0130 e. The topological polar surface area (TPSA) is 0 Å². The van der Waals surface area contributed by atoms with Crippen molar-refractivity contribution in [1.82, 2.24) is 0 Å². The van der Waals surface area contributed by atoms with Crippen LogP contribution < -0.4 is 0 Å². The van der Waals surface area contributed by atoms with Crippen LogP contribution in [-0.4, -0.2) is 0 Å². The molecule has 11 heavy (non-hydrogen) atoms.